The highest BCUT2D eigenvalue weighted by atomic mass is 32.2. The second-order valence-electron chi connectivity index (χ2n) is 8.16. The molecule has 0 aromatic heterocycles. The monoisotopic (exact) mass is 405 g/mol. The van der Waals surface area contributed by atoms with Gasteiger partial charge < -0.3 is 15.4 Å². The highest BCUT2D eigenvalue weighted by Crippen LogP contribution is 2.23. The summed E-state index contributed by atoms with van der Waals surface area (Å²) in [6, 6.07) is -0.255. The number of carbonyl (C=O) groups is 2. The van der Waals surface area contributed by atoms with Crippen LogP contribution in [0.5, 0.6) is 0 Å². The maximum absolute atomic E-state index is 12.7. The lowest BCUT2D eigenvalue weighted by Crippen LogP contribution is -2.48. The fraction of sp³-hybridized carbons (Fsp3) is 0.889. The van der Waals surface area contributed by atoms with E-state index < -0.39 is 21.7 Å². The van der Waals surface area contributed by atoms with Crippen molar-refractivity contribution in [2.75, 3.05) is 19.3 Å². The van der Waals surface area contributed by atoms with E-state index in [2.05, 4.69) is 15.4 Å². The van der Waals surface area contributed by atoms with Crippen LogP contribution in [-0.2, 0) is 19.6 Å². The van der Waals surface area contributed by atoms with Crippen LogP contribution in [0.15, 0.2) is 0 Å². The normalized spacial score (nSPS) is 21.6. The van der Waals surface area contributed by atoms with E-state index in [9.17, 15) is 18.0 Å². The van der Waals surface area contributed by atoms with Crippen LogP contribution < -0.4 is 15.4 Å². The first-order valence-electron chi connectivity index (χ1n) is 9.70. The van der Waals surface area contributed by atoms with Crippen LogP contribution in [0.3, 0.4) is 0 Å². The summed E-state index contributed by atoms with van der Waals surface area (Å²) in [6.45, 7) is 6.08. The van der Waals surface area contributed by atoms with Gasteiger partial charge in [0.25, 0.3) is 0 Å². The van der Waals surface area contributed by atoms with Crippen molar-refractivity contribution in [2.45, 2.75) is 77.4 Å². The van der Waals surface area contributed by atoms with E-state index in [-0.39, 0.29) is 24.4 Å². The number of hydrogen-bond acceptors (Lipinski definition) is 5. The van der Waals surface area contributed by atoms with Gasteiger partial charge in [-0.25, -0.2) is 17.9 Å². The van der Waals surface area contributed by atoms with Crippen molar-refractivity contribution in [3.8, 4) is 0 Å². The van der Waals surface area contributed by atoms with E-state index in [1.54, 1.807) is 20.8 Å². The van der Waals surface area contributed by atoms with Crippen LogP contribution in [-0.4, -0.2) is 51.4 Å². The lowest BCUT2D eigenvalue weighted by Gasteiger charge is -2.30. The number of carbonyl (C=O) groups excluding carboxylic acids is 2. The predicted octanol–water partition coefficient (Wildman–Crippen LogP) is 1.91. The van der Waals surface area contributed by atoms with Gasteiger partial charge in [0, 0.05) is 19.1 Å². The molecule has 0 heterocycles. The first-order valence-corrected chi connectivity index (χ1v) is 11.6. The zero-order valence-electron chi connectivity index (χ0n) is 17.0. The molecule has 2 amide bonds. The van der Waals surface area contributed by atoms with Gasteiger partial charge in [0.05, 0.1) is 12.2 Å². The second kappa shape index (κ2) is 10.8. The fourth-order valence-electron chi connectivity index (χ4n) is 3.12. The minimum absolute atomic E-state index is 0.0997. The fourth-order valence-corrected chi connectivity index (χ4v) is 3.63. The largest absolute Gasteiger partial charge is 0.444 e. The van der Waals surface area contributed by atoms with Gasteiger partial charge in [0.2, 0.25) is 15.9 Å². The lowest BCUT2D eigenvalue weighted by atomic mass is 9.86. The van der Waals surface area contributed by atoms with E-state index in [0.29, 0.717) is 19.4 Å². The molecule has 0 radical (unpaired) electrons. The van der Waals surface area contributed by atoms with E-state index in [4.69, 9.17) is 4.74 Å². The molecule has 0 aromatic carbocycles. The number of alkyl carbamates (subject to hydrolysis) is 1. The SMILES string of the molecule is CC(C)(C)OC(=O)NC1CCCCCCC1C(=O)NCCCNS(C)(=O)=O. The van der Waals surface area contributed by atoms with E-state index in [0.717, 1.165) is 38.4 Å². The molecular formula is C18H35N3O5S. The van der Waals surface area contributed by atoms with E-state index >= 15 is 0 Å². The average Bonchev–Trinajstić information content (AvgIpc) is 2.46. The molecular weight excluding hydrogens is 370 g/mol. The molecule has 1 aliphatic rings. The van der Waals surface area contributed by atoms with Gasteiger partial charge in [-0.2, -0.15) is 0 Å². The van der Waals surface area contributed by atoms with Crippen molar-refractivity contribution < 1.29 is 22.7 Å². The Kier molecular flexibility index (Phi) is 9.52. The quantitative estimate of drug-likeness (QED) is 0.560. The van der Waals surface area contributed by atoms with Crippen LogP contribution in [0.25, 0.3) is 0 Å². The van der Waals surface area contributed by atoms with E-state index in [1.807, 2.05) is 0 Å². The van der Waals surface area contributed by atoms with Crippen LogP contribution in [0, 0.1) is 5.92 Å². The molecule has 1 fully saturated rings. The summed E-state index contributed by atoms with van der Waals surface area (Å²) in [4.78, 5) is 24.8. The molecule has 8 nitrogen and oxygen atoms in total. The number of nitrogens with one attached hydrogen (secondary N) is 3. The van der Waals surface area contributed by atoms with Gasteiger partial charge in [-0.3, -0.25) is 4.79 Å². The molecule has 0 aromatic rings. The summed E-state index contributed by atoms with van der Waals surface area (Å²) in [5.74, 6) is -0.405. The lowest BCUT2D eigenvalue weighted by molar-refractivity contribution is -0.126. The molecule has 1 rings (SSSR count). The number of amides is 2. The summed E-state index contributed by atoms with van der Waals surface area (Å²) in [5, 5.41) is 5.75. The van der Waals surface area contributed by atoms with Gasteiger partial charge in [-0.1, -0.05) is 25.7 Å². The zero-order chi connectivity index (χ0) is 20.5. The highest BCUT2D eigenvalue weighted by Gasteiger charge is 2.31. The van der Waals surface area contributed by atoms with Gasteiger partial charge in [-0.05, 0) is 40.0 Å². The van der Waals surface area contributed by atoms with E-state index in [1.165, 1.54) is 0 Å². The van der Waals surface area contributed by atoms with Crippen LogP contribution >= 0.6 is 0 Å². The third kappa shape index (κ3) is 11.2. The molecule has 2 unspecified atom stereocenters. The zero-order valence-corrected chi connectivity index (χ0v) is 17.8. The van der Waals surface area contributed by atoms with Crippen LogP contribution in [0.4, 0.5) is 4.79 Å². The summed E-state index contributed by atoms with van der Waals surface area (Å²) in [6.07, 6.45) is 6.66. The Balaban J connectivity index is 2.58. The van der Waals surface area contributed by atoms with Crippen molar-refractivity contribution in [1.82, 2.24) is 15.4 Å². The smallest absolute Gasteiger partial charge is 0.407 e. The molecule has 158 valence electrons. The second-order valence-corrected chi connectivity index (χ2v) is 9.99. The molecule has 0 saturated heterocycles. The Labute approximate surface area is 163 Å². The Morgan fingerprint density at radius 3 is 2.26 bits per heavy atom. The summed E-state index contributed by atoms with van der Waals surface area (Å²) >= 11 is 0. The maximum atomic E-state index is 12.7. The Morgan fingerprint density at radius 1 is 1.04 bits per heavy atom. The standard InChI is InChI=1S/C18H35N3O5S/c1-18(2,3)26-17(23)21-15-11-8-6-5-7-10-14(15)16(22)19-12-9-13-20-27(4,24)25/h14-15,20H,5-13H2,1-4H3,(H,19,22)(H,21,23). The minimum atomic E-state index is -3.22. The van der Waals surface area contributed by atoms with Gasteiger partial charge in [-0.15, -0.1) is 0 Å². The van der Waals surface area contributed by atoms with Crippen molar-refractivity contribution >= 4 is 22.0 Å². The average molecular weight is 406 g/mol. The van der Waals surface area contributed by atoms with Gasteiger partial charge >= 0.3 is 6.09 Å². The molecule has 1 aliphatic carbocycles. The predicted molar refractivity (Wildman–Crippen MR) is 105 cm³/mol. The molecule has 0 spiro atoms. The molecule has 0 aliphatic heterocycles. The van der Waals surface area contributed by atoms with Crippen LogP contribution in [0.2, 0.25) is 0 Å². The number of rotatable bonds is 7. The highest BCUT2D eigenvalue weighted by molar-refractivity contribution is 7.88. The van der Waals surface area contributed by atoms with Crippen molar-refractivity contribution in [3.05, 3.63) is 0 Å². The summed E-state index contributed by atoms with van der Waals surface area (Å²) in [5.41, 5.74) is -0.587. The Hall–Kier alpha value is -1.35. The summed E-state index contributed by atoms with van der Waals surface area (Å²) < 4.78 is 29.8. The molecule has 27 heavy (non-hydrogen) atoms. The molecule has 1 saturated carbocycles. The van der Waals surface area contributed by atoms with Gasteiger partial charge in [0.15, 0.2) is 0 Å². The third-order valence-corrected chi connectivity index (χ3v) is 5.05. The first kappa shape index (κ1) is 23.7. The Bertz CT molecular complexity index is 586. The Morgan fingerprint density at radius 2 is 1.67 bits per heavy atom. The van der Waals surface area contributed by atoms with Crippen molar-refractivity contribution in [1.29, 1.82) is 0 Å². The molecule has 9 heteroatoms. The summed E-state index contributed by atoms with van der Waals surface area (Å²) in [7, 11) is -3.22. The molecule has 0 bridgehead atoms. The first-order chi connectivity index (χ1) is 12.5. The number of hydrogen-bond donors (Lipinski definition) is 3. The van der Waals surface area contributed by atoms with Gasteiger partial charge in [0.1, 0.15) is 5.60 Å². The van der Waals surface area contributed by atoms with Crippen LogP contribution in [0.1, 0.15) is 65.7 Å². The minimum Gasteiger partial charge on any atom is -0.444 e. The molecule has 3 N–H and O–H groups in total. The topological polar surface area (TPSA) is 114 Å². The third-order valence-electron chi connectivity index (χ3n) is 4.32. The maximum Gasteiger partial charge on any atom is 0.407 e. The van der Waals surface area contributed by atoms with Crippen molar-refractivity contribution in [3.63, 3.8) is 0 Å². The molecule has 2 atom stereocenters. The number of sulfonamides is 1. The number of ether oxygens (including phenoxy) is 1. The van der Waals surface area contributed by atoms with Crippen molar-refractivity contribution in [2.24, 2.45) is 5.92 Å².